The summed E-state index contributed by atoms with van der Waals surface area (Å²) in [6.07, 6.45) is 2.82. The summed E-state index contributed by atoms with van der Waals surface area (Å²) < 4.78 is 12.1. The lowest BCUT2D eigenvalue weighted by molar-refractivity contribution is 0.248. The van der Waals surface area contributed by atoms with Gasteiger partial charge in [-0.25, -0.2) is 0 Å². The highest BCUT2D eigenvalue weighted by Crippen LogP contribution is 2.10. The summed E-state index contributed by atoms with van der Waals surface area (Å²) in [7, 11) is -1.18. The number of aliphatic hydroxyl groups is 1. The third-order valence-corrected chi connectivity index (χ3v) is 4.36. The minimum Gasteiger partial charge on any atom is -0.388 e. The number of benzene rings is 2. The van der Waals surface area contributed by atoms with Crippen LogP contribution in [0.2, 0.25) is 0 Å². The van der Waals surface area contributed by atoms with E-state index in [2.05, 4.69) is 0 Å². The van der Waals surface area contributed by atoms with Gasteiger partial charge in [0.25, 0.3) is 0 Å². The Morgan fingerprint density at radius 2 is 1.75 bits per heavy atom. The first-order valence-corrected chi connectivity index (χ1v) is 7.83. The molecule has 0 saturated carbocycles. The fourth-order valence-electron chi connectivity index (χ4n) is 1.78. The molecule has 0 saturated heterocycles. The summed E-state index contributed by atoms with van der Waals surface area (Å²) in [6.45, 7) is 1.99. The topological polar surface area (TPSA) is 37.3 Å². The Bertz CT molecular complexity index is 588. The van der Waals surface area contributed by atoms with E-state index >= 15 is 0 Å². The highest BCUT2D eigenvalue weighted by atomic mass is 32.2. The SMILES string of the molecule is Cc1ccc([S@](=O)C[C@H](O)/C=C/c2ccccc2)cc1. The van der Waals surface area contributed by atoms with Crippen LogP contribution in [-0.2, 0) is 10.8 Å². The summed E-state index contributed by atoms with van der Waals surface area (Å²) in [5.41, 5.74) is 2.16. The molecule has 0 bridgehead atoms. The number of hydrogen-bond donors (Lipinski definition) is 1. The summed E-state index contributed by atoms with van der Waals surface area (Å²) in [4.78, 5) is 0.753. The Kier molecular flexibility index (Phi) is 5.27. The van der Waals surface area contributed by atoms with E-state index in [1.165, 1.54) is 0 Å². The summed E-state index contributed by atoms with van der Waals surface area (Å²) in [5, 5.41) is 9.92. The maximum atomic E-state index is 12.1. The number of rotatable bonds is 5. The lowest BCUT2D eigenvalue weighted by atomic mass is 10.2. The molecule has 0 aliphatic rings. The van der Waals surface area contributed by atoms with Gasteiger partial charge >= 0.3 is 0 Å². The summed E-state index contributed by atoms with van der Waals surface area (Å²) in [5.74, 6) is 0.215. The second kappa shape index (κ2) is 7.17. The van der Waals surface area contributed by atoms with Crippen molar-refractivity contribution in [3.8, 4) is 0 Å². The second-order valence-corrected chi connectivity index (χ2v) is 6.16. The molecular weight excluding hydrogens is 268 g/mol. The Hall–Kier alpha value is -1.71. The van der Waals surface area contributed by atoms with E-state index in [0.29, 0.717) is 0 Å². The van der Waals surface area contributed by atoms with Gasteiger partial charge in [-0.05, 0) is 24.6 Å². The van der Waals surface area contributed by atoms with Crippen molar-refractivity contribution in [2.75, 3.05) is 5.75 Å². The Morgan fingerprint density at radius 1 is 1.10 bits per heavy atom. The fraction of sp³-hybridized carbons (Fsp3) is 0.176. The van der Waals surface area contributed by atoms with Crippen LogP contribution in [-0.4, -0.2) is 21.2 Å². The van der Waals surface area contributed by atoms with Gasteiger partial charge < -0.3 is 5.11 Å². The minimum absolute atomic E-state index is 0.215. The molecule has 20 heavy (non-hydrogen) atoms. The normalized spacial score (nSPS) is 14.3. The van der Waals surface area contributed by atoms with Crippen LogP contribution in [0, 0.1) is 6.92 Å². The van der Waals surface area contributed by atoms with Gasteiger partial charge in [-0.3, -0.25) is 4.21 Å². The van der Waals surface area contributed by atoms with Crippen LogP contribution in [0.25, 0.3) is 6.08 Å². The lowest BCUT2D eigenvalue weighted by Gasteiger charge is -2.06. The van der Waals surface area contributed by atoms with Crippen LogP contribution in [0.1, 0.15) is 11.1 Å². The van der Waals surface area contributed by atoms with Crippen molar-refractivity contribution in [3.05, 3.63) is 71.8 Å². The van der Waals surface area contributed by atoms with Gasteiger partial charge in [-0.1, -0.05) is 60.2 Å². The third kappa shape index (κ3) is 4.44. The highest BCUT2D eigenvalue weighted by molar-refractivity contribution is 7.85. The van der Waals surface area contributed by atoms with E-state index < -0.39 is 16.9 Å². The molecule has 0 spiro atoms. The van der Waals surface area contributed by atoms with Crippen molar-refractivity contribution in [1.29, 1.82) is 0 Å². The molecule has 2 atom stereocenters. The molecule has 2 aromatic rings. The molecular formula is C17H18O2S. The molecule has 0 heterocycles. The summed E-state index contributed by atoms with van der Waals surface area (Å²) in [6, 6.07) is 17.3. The van der Waals surface area contributed by atoms with E-state index in [9.17, 15) is 9.32 Å². The maximum absolute atomic E-state index is 12.1. The molecule has 2 rings (SSSR count). The first kappa shape index (κ1) is 14.7. The van der Waals surface area contributed by atoms with Gasteiger partial charge in [0, 0.05) is 4.90 Å². The van der Waals surface area contributed by atoms with E-state index in [1.807, 2.05) is 67.6 Å². The molecule has 0 aromatic heterocycles. The van der Waals surface area contributed by atoms with Gasteiger partial charge in [0.05, 0.1) is 22.7 Å². The Morgan fingerprint density at radius 3 is 2.40 bits per heavy atom. The van der Waals surface area contributed by atoms with Gasteiger partial charge in [0.15, 0.2) is 0 Å². The molecule has 2 nitrogen and oxygen atoms in total. The van der Waals surface area contributed by atoms with Crippen LogP contribution in [0.5, 0.6) is 0 Å². The van der Waals surface area contributed by atoms with E-state index in [-0.39, 0.29) is 5.75 Å². The molecule has 0 unspecified atom stereocenters. The molecule has 0 aliphatic carbocycles. The van der Waals surface area contributed by atoms with E-state index in [4.69, 9.17) is 0 Å². The molecule has 1 N–H and O–H groups in total. The molecule has 0 fully saturated rings. The van der Waals surface area contributed by atoms with Crippen molar-refractivity contribution in [1.82, 2.24) is 0 Å². The fourth-order valence-corrected chi connectivity index (χ4v) is 2.84. The Labute approximate surface area is 122 Å². The summed E-state index contributed by atoms with van der Waals surface area (Å²) >= 11 is 0. The van der Waals surface area contributed by atoms with Crippen LogP contribution in [0.4, 0.5) is 0 Å². The van der Waals surface area contributed by atoms with Crippen LogP contribution >= 0.6 is 0 Å². The predicted molar refractivity (Wildman–Crippen MR) is 83.9 cm³/mol. The quantitative estimate of drug-likeness (QED) is 0.916. The molecule has 3 heteroatoms. The zero-order chi connectivity index (χ0) is 14.4. The van der Waals surface area contributed by atoms with Gasteiger partial charge in [-0.2, -0.15) is 0 Å². The van der Waals surface area contributed by atoms with Crippen molar-refractivity contribution in [2.45, 2.75) is 17.9 Å². The standard InChI is InChI=1S/C17H18O2S/c1-14-7-11-17(12-8-14)20(19)13-16(18)10-9-15-5-3-2-4-6-15/h2-12,16,18H,13H2,1H3/b10-9+/t16-,20-/m1/s1. The van der Waals surface area contributed by atoms with Crippen LogP contribution in [0.15, 0.2) is 65.6 Å². The zero-order valence-electron chi connectivity index (χ0n) is 11.4. The van der Waals surface area contributed by atoms with Crippen LogP contribution < -0.4 is 0 Å². The molecule has 0 radical (unpaired) electrons. The third-order valence-electron chi connectivity index (χ3n) is 2.92. The maximum Gasteiger partial charge on any atom is 0.0843 e. The van der Waals surface area contributed by atoms with E-state index in [0.717, 1.165) is 16.0 Å². The number of aliphatic hydroxyl groups excluding tert-OH is 1. The minimum atomic E-state index is -1.18. The molecule has 0 aliphatic heterocycles. The lowest BCUT2D eigenvalue weighted by Crippen LogP contribution is -2.13. The first-order chi connectivity index (χ1) is 9.65. The van der Waals surface area contributed by atoms with Crippen LogP contribution in [0.3, 0.4) is 0 Å². The monoisotopic (exact) mass is 286 g/mol. The first-order valence-electron chi connectivity index (χ1n) is 6.51. The Balaban J connectivity index is 1.94. The average Bonchev–Trinajstić information content (AvgIpc) is 2.47. The number of aryl methyl sites for hydroxylation is 1. The average molecular weight is 286 g/mol. The van der Waals surface area contributed by atoms with Gasteiger partial charge in [0.2, 0.25) is 0 Å². The van der Waals surface area contributed by atoms with Crippen molar-refractivity contribution in [2.24, 2.45) is 0 Å². The molecule has 2 aromatic carbocycles. The van der Waals surface area contributed by atoms with Gasteiger partial charge in [0.1, 0.15) is 0 Å². The largest absolute Gasteiger partial charge is 0.388 e. The van der Waals surface area contributed by atoms with Gasteiger partial charge in [-0.15, -0.1) is 0 Å². The highest BCUT2D eigenvalue weighted by Gasteiger charge is 2.08. The van der Waals surface area contributed by atoms with E-state index in [1.54, 1.807) is 6.08 Å². The molecule has 0 amide bonds. The number of hydrogen-bond acceptors (Lipinski definition) is 2. The second-order valence-electron chi connectivity index (χ2n) is 4.66. The smallest absolute Gasteiger partial charge is 0.0843 e. The van der Waals surface area contributed by atoms with Crippen molar-refractivity contribution < 1.29 is 9.32 Å². The van der Waals surface area contributed by atoms with Crippen molar-refractivity contribution >= 4 is 16.9 Å². The predicted octanol–water partition coefficient (Wildman–Crippen LogP) is 3.18. The zero-order valence-corrected chi connectivity index (χ0v) is 12.2. The molecule has 104 valence electrons. The van der Waals surface area contributed by atoms with Crippen molar-refractivity contribution in [3.63, 3.8) is 0 Å².